The standard InChI is InChI=1S/C17H18F3NOS/c1-10(2)15-14(9-11(3)22-4)23-16(21-15)12-5-7-13(8-6-12)17(18,19)20/h5-10H,1-4H3. The van der Waals surface area contributed by atoms with Crippen LogP contribution in [0.3, 0.4) is 0 Å². The van der Waals surface area contributed by atoms with Crippen molar-refractivity contribution < 1.29 is 17.9 Å². The molecule has 0 radical (unpaired) electrons. The average Bonchev–Trinajstić information content (AvgIpc) is 2.90. The molecule has 0 bridgehead atoms. The number of rotatable bonds is 4. The summed E-state index contributed by atoms with van der Waals surface area (Å²) in [6, 6.07) is 5.09. The number of halogens is 3. The Morgan fingerprint density at radius 3 is 2.30 bits per heavy atom. The second kappa shape index (κ2) is 6.74. The minimum atomic E-state index is -4.33. The quantitative estimate of drug-likeness (QED) is 0.640. The van der Waals surface area contributed by atoms with E-state index in [0.717, 1.165) is 28.5 Å². The predicted octanol–water partition coefficient (Wildman–Crippen LogP) is 5.96. The fourth-order valence-electron chi connectivity index (χ4n) is 2.03. The van der Waals surface area contributed by atoms with Crippen LogP contribution in [0.25, 0.3) is 16.6 Å². The lowest BCUT2D eigenvalue weighted by Crippen LogP contribution is -2.03. The van der Waals surface area contributed by atoms with Crippen molar-refractivity contribution in [2.75, 3.05) is 7.11 Å². The minimum absolute atomic E-state index is 0.213. The molecule has 2 nitrogen and oxygen atoms in total. The first-order valence-corrected chi connectivity index (χ1v) is 7.94. The maximum Gasteiger partial charge on any atom is 0.416 e. The van der Waals surface area contributed by atoms with E-state index in [1.165, 1.54) is 23.5 Å². The number of thiazole rings is 1. The van der Waals surface area contributed by atoms with Crippen LogP contribution in [0.1, 0.15) is 42.8 Å². The van der Waals surface area contributed by atoms with Crippen LogP contribution in [0.15, 0.2) is 30.0 Å². The van der Waals surface area contributed by atoms with Gasteiger partial charge in [-0.05, 0) is 31.1 Å². The number of hydrogen-bond acceptors (Lipinski definition) is 3. The van der Waals surface area contributed by atoms with Crippen molar-refractivity contribution in [2.45, 2.75) is 32.9 Å². The van der Waals surface area contributed by atoms with Gasteiger partial charge in [-0.3, -0.25) is 0 Å². The SMILES string of the molecule is COC(C)=Cc1sc(-c2ccc(C(F)(F)F)cc2)nc1C(C)C. The summed E-state index contributed by atoms with van der Waals surface area (Å²) in [5, 5.41) is 0.706. The maximum atomic E-state index is 12.6. The number of benzene rings is 1. The Labute approximate surface area is 137 Å². The average molecular weight is 341 g/mol. The van der Waals surface area contributed by atoms with Crippen LogP contribution in [-0.2, 0) is 10.9 Å². The van der Waals surface area contributed by atoms with Gasteiger partial charge in [0.25, 0.3) is 0 Å². The molecule has 0 atom stereocenters. The number of methoxy groups -OCH3 is 1. The van der Waals surface area contributed by atoms with Crippen LogP contribution in [-0.4, -0.2) is 12.1 Å². The molecule has 6 heteroatoms. The number of alkyl halides is 3. The number of hydrogen-bond donors (Lipinski definition) is 0. The summed E-state index contributed by atoms with van der Waals surface area (Å²) in [4.78, 5) is 5.56. The second-order valence-corrected chi connectivity index (χ2v) is 6.49. The van der Waals surface area contributed by atoms with Crippen molar-refractivity contribution in [2.24, 2.45) is 0 Å². The van der Waals surface area contributed by atoms with Gasteiger partial charge in [0, 0.05) is 5.56 Å². The van der Waals surface area contributed by atoms with Crippen LogP contribution in [0.2, 0.25) is 0 Å². The molecule has 1 heterocycles. The third-order valence-electron chi connectivity index (χ3n) is 3.34. The Kier molecular flexibility index (Phi) is 5.14. The van der Waals surface area contributed by atoms with Gasteiger partial charge in [0.15, 0.2) is 0 Å². The Hall–Kier alpha value is -1.82. The molecule has 0 fully saturated rings. The first kappa shape index (κ1) is 17.5. The molecule has 1 aromatic heterocycles. The van der Waals surface area contributed by atoms with E-state index < -0.39 is 11.7 Å². The lowest BCUT2D eigenvalue weighted by Gasteiger charge is -2.06. The zero-order chi connectivity index (χ0) is 17.2. The normalized spacial score (nSPS) is 12.8. The van der Waals surface area contributed by atoms with Gasteiger partial charge in [-0.2, -0.15) is 13.2 Å². The van der Waals surface area contributed by atoms with Gasteiger partial charge in [-0.25, -0.2) is 4.98 Å². The molecule has 0 saturated heterocycles. The highest BCUT2D eigenvalue weighted by Gasteiger charge is 2.30. The zero-order valence-electron chi connectivity index (χ0n) is 13.4. The van der Waals surface area contributed by atoms with Gasteiger partial charge in [0.05, 0.1) is 29.0 Å². The maximum absolute atomic E-state index is 12.6. The van der Waals surface area contributed by atoms with E-state index in [4.69, 9.17) is 4.74 Å². The lowest BCUT2D eigenvalue weighted by molar-refractivity contribution is -0.137. The minimum Gasteiger partial charge on any atom is -0.501 e. The van der Waals surface area contributed by atoms with Gasteiger partial charge in [0.1, 0.15) is 5.01 Å². The molecule has 0 aliphatic rings. The van der Waals surface area contributed by atoms with Crippen molar-refractivity contribution in [1.29, 1.82) is 0 Å². The number of nitrogens with zero attached hydrogens (tertiary/aromatic N) is 1. The first-order chi connectivity index (χ1) is 10.7. The highest BCUT2D eigenvalue weighted by atomic mass is 32.1. The molecule has 0 saturated carbocycles. The van der Waals surface area contributed by atoms with Gasteiger partial charge in [-0.15, -0.1) is 11.3 Å². The van der Waals surface area contributed by atoms with Crippen molar-refractivity contribution in [3.63, 3.8) is 0 Å². The van der Waals surface area contributed by atoms with E-state index in [-0.39, 0.29) is 5.92 Å². The summed E-state index contributed by atoms with van der Waals surface area (Å²) < 4.78 is 43.1. The van der Waals surface area contributed by atoms with Crippen LogP contribution < -0.4 is 0 Å². The third kappa shape index (κ3) is 4.13. The van der Waals surface area contributed by atoms with Crippen LogP contribution in [0, 0.1) is 0 Å². The van der Waals surface area contributed by atoms with Crippen LogP contribution >= 0.6 is 11.3 Å². The zero-order valence-corrected chi connectivity index (χ0v) is 14.2. The highest BCUT2D eigenvalue weighted by Crippen LogP contribution is 2.35. The van der Waals surface area contributed by atoms with E-state index >= 15 is 0 Å². The van der Waals surface area contributed by atoms with Gasteiger partial charge in [-0.1, -0.05) is 26.0 Å². The van der Waals surface area contributed by atoms with Crippen LogP contribution in [0.5, 0.6) is 0 Å². The Morgan fingerprint density at radius 2 is 1.83 bits per heavy atom. The molecule has 0 aliphatic carbocycles. The number of ether oxygens (including phenoxy) is 1. The van der Waals surface area contributed by atoms with E-state index in [2.05, 4.69) is 4.98 Å². The molecule has 0 spiro atoms. The predicted molar refractivity (Wildman–Crippen MR) is 87.3 cm³/mol. The lowest BCUT2D eigenvalue weighted by atomic mass is 10.1. The van der Waals surface area contributed by atoms with Gasteiger partial charge >= 0.3 is 6.18 Å². The monoisotopic (exact) mass is 341 g/mol. The molecule has 0 amide bonds. The van der Waals surface area contributed by atoms with Gasteiger partial charge in [0.2, 0.25) is 0 Å². The largest absolute Gasteiger partial charge is 0.501 e. The number of allylic oxidation sites excluding steroid dienone is 1. The van der Waals surface area contributed by atoms with Gasteiger partial charge < -0.3 is 4.74 Å². The summed E-state index contributed by atoms with van der Waals surface area (Å²) in [5.41, 5.74) is 0.943. The summed E-state index contributed by atoms with van der Waals surface area (Å²) in [6.07, 6.45) is -2.42. The first-order valence-electron chi connectivity index (χ1n) is 7.13. The molecule has 2 rings (SSSR count). The Balaban J connectivity index is 2.42. The van der Waals surface area contributed by atoms with E-state index in [1.807, 2.05) is 26.8 Å². The molecule has 23 heavy (non-hydrogen) atoms. The van der Waals surface area contributed by atoms with Crippen LogP contribution in [0.4, 0.5) is 13.2 Å². The molecule has 0 N–H and O–H groups in total. The summed E-state index contributed by atoms with van der Waals surface area (Å²) in [7, 11) is 1.60. The fraction of sp³-hybridized carbons (Fsp3) is 0.353. The summed E-state index contributed by atoms with van der Waals surface area (Å²) >= 11 is 1.45. The molecule has 0 unspecified atom stereocenters. The Morgan fingerprint density at radius 1 is 1.22 bits per heavy atom. The summed E-state index contributed by atoms with van der Waals surface area (Å²) in [5.74, 6) is 0.972. The fourth-order valence-corrected chi connectivity index (χ4v) is 3.25. The molecular weight excluding hydrogens is 323 g/mol. The van der Waals surface area contributed by atoms with Crippen molar-refractivity contribution in [3.8, 4) is 10.6 Å². The molecule has 2 aromatic rings. The topological polar surface area (TPSA) is 22.1 Å². The van der Waals surface area contributed by atoms with E-state index in [9.17, 15) is 13.2 Å². The van der Waals surface area contributed by atoms with Crippen molar-refractivity contribution in [3.05, 3.63) is 46.2 Å². The smallest absolute Gasteiger partial charge is 0.416 e. The van der Waals surface area contributed by atoms with E-state index in [0.29, 0.717) is 10.6 Å². The van der Waals surface area contributed by atoms with Crippen molar-refractivity contribution in [1.82, 2.24) is 4.98 Å². The Bertz CT molecular complexity index is 700. The third-order valence-corrected chi connectivity index (χ3v) is 4.41. The molecule has 0 aliphatic heterocycles. The summed E-state index contributed by atoms with van der Waals surface area (Å²) in [6.45, 7) is 5.91. The molecule has 124 valence electrons. The van der Waals surface area contributed by atoms with Crippen molar-refractivity contribution >= 4 is 17.4 Å². The second-order valence-electron chi connectivity index (χ2n) is 5.46. The highest BCUT2D eigenvalue weighted by molar-refractivity contribution is 7.16. The van der Waals surface area contributed by atoms with E-state index in [1.54, 1.807) is 7.11 Å². The number of aromatic nitrogens is 1. The molecular formula is C17H18F3NOS. The molecule has 1 aromatic carbocycles.